The second kappa shape index (κ2) is 3.56. The number of hydrogen-bond donors (Lipinski definition) is 0. The molecular formula is C16H13F. The molecule has 3 aromatic carbocycles. The summed E-state index contributed by atoms with van der Waals surface area (Å²) in [5.74, 6) is -0.177. The Balaban J connectivity index is 2.59. The first kappa shape index (κ1) is 10.3. The van der Waals surface area contributed by atoms with E-state index in [0.29, 0.717) is 0 Å². The van der Waals surface area contributed by atoms with Gasteiger partial charge >= 0.3 is 0 Å². The molecule has 17 heavy (non-hydrogen) atoms. The van der Waals surface area contributed by atoms with Crippen molar-refractivity contribution in [2.45, 2.75) is 13.8 Å². The number of fused-ring (bicyclic) bond motifs is 3. The molecule has 1 heteroatoms. The summed E-state index contributed by atoms with van der Waals surface area (Å²) in [7, 11) is 0. The minimum Gasteiger partial charge on any atom is -0.207 e. The topological polar surface area (TPSA) is 0 Å². The van der Waals surface area contributed by atoms with Crippen molar-refractivity contribution < 1.29 is 4.39 Å². The number of aryl methyl sites for hydroxylation is 2. The molecule has 84 valence electrons. The largest absolute Gasteiger partial charge is 0.207 e. The van der Waals surface area contributed by atoms with Gasteiger partial charge in [-0.25, -0.2) is 4.39 Å². The van der Waals surface area contributed by atoms with Crippen LogP contribution in [0, 0.1) is 19.7 Å². The Hall–Kier alpha value is -1.89. The minimum absolute atomic E-state index is 0.177. The van der Waals surface area contributed by atoms with Crippen LogP contribution in [0.1, 0.15) is 11.1 Å². The van der Waals surface area contributed by atoms with Gasteiger partial charge in [-0.1, -0.05) is 35.9 Å². The van der Waals surface area contributed by atoms with Gasteiger partial charge in [0.15, 0.2) is 0 Å². The first-order chi connectivity index (χ1) is 8.15. The second-order valence-electron chi connectivity index (χ2n) is 4.61. The molecule has 0 unspecified atom stereocenters. The summed E-state index contributed by atoms with van der Waals surface area (Å²) < 4.78 is 13.4. The zero-order valence-electron chi connectivity index (χ0n) is 9.92. The highest BCUT2D eigenvalue weighted by molar-refractivity contribution is 6.09. The molecule has 0 radical (unpaired) electrons. The van der Waals surface area contributed by atoms with Crippen LogP contribution in [-0.2, 0) is 0 Å². The van der Waals surface area contributed by atoms with Crippen molar-refractivity contribution in [3.63, 3.8) is 0 Å². The van der Waals surface area contributed by atoms with Gasteiger partial charge in [-0.05, 0) is 53.1 Å². The summed E-state index contributed by atoms with van der Waals surface area (Å²) in [6.07, 6.45) is 0. The predicted molar refractivity (Wildman–Crippen MR) is 70.9 cm³/mol. The standard InChI is InChI=1S/C16H13F/c1-10-3-6-14-11(2)8-12-4-5-13(17)9-15(12)16(14)7-10/h3-9H,1-2H3. The van der Waals surface area contributed by atoms with Crippen LogP contribution >= 0.6 is 0 Å². The second-order valence-corrected chi connectivity index (χ2v) is 4.61. The maximum atomic E-state index is 13.4. The molecule has 0 atom stereocenters. The third-order valence-corrected chi connectivity index (χ3v) is 3.28. The van der Waals surface area contributed by atoms with Crippen LogP contribution in [0.25, 0.3) is 21.5 Å². The molecule has 0 fully saturated rings. The molecule has 0 saturated carbocycles. The minimum atomic E-state index is -0.177. The van der Waals surface area contributed by atoms with Gasteiger partial charge in [0.25, 0.3) is 0 Å². The van der Waals surface area contributed by atoms with Crippen LogP contribution in [0.2, 0.25) is 0 Å². The van der Waals surface area contributed by atoms with E-state index in [1.807, 2.05) is 6.07 Å². The zero-order chi connectivity index (χ0) is 12.0. The highest BCUT2D eigenvalue weighted by Crippen LogP contribution is 2.29. The first-order valence-corrected chi connectivity index (χ1v) is 5.74. The van der Waals surface area contributed by atoms with Crippen LogP contribution in [0.4, 0.5) is 4.39 Å². The van der Waals surface area contributed by atoms with Gasteiger partial charge in [0, 0.05) is 0 Å². The van der Waals surface area contributed by atoms with E-state index in [1.165, 1.54) is 22.6 Å². The van der Waals surface area contributed by atoms with Gasteiger partial charge in [0.05, 0.1) is 0 Å². The maximum absolute atomic E-state index is 13.4. The summed E-state index contributed by atoms with van der Waals surface area (Å²) in [6.45, 7) is 4.16. The van der Waals surface area contributed by atoms with Crippen LogP contribution in [-0.4, -0.2) is 0 Å². The van der Waals surface area contributed by atoms with E-state index in [0.717, 1.165) is 16.2 Å². The quantitative estimate of drug-likeness (QED) is 0.483. The van der Waals surface area contributed by atoms with Gasteiger partial charge in [-0.15, -0.1) is 0 Å². The number of benzene rings is 3. The number of rotatable bonds is 0. The summed E-state index contributed by atoms with van der Waals surface area (Å²) in [4.78, 5) is 0. The van der Waals surface area contributed by atoms with Crippen molar-refractivity contribution in [3.05, 3.63) is 59.4 Å². The Morgan fingerprint density at radius 1 is 0.765 bits per heavy atom. The molecule has 0 aliphatic rings. The van der Waals surface area contributed by atoms with E-state index in [4.69, 9.17) is 0 Å². The summed E-state index contributed by atoms with van der Waals surface area (Å²) in [5.41, 5.74) is 2.44. The molecule has 0 aromatic heterocycles. The summed E-state index contributed by atoms with van der Waals surface area (Å²) in [5, 5.41) is 4.43. The van der Waals surface area contributed by atoms with E-state index in [9.17, 15) is 4.39 Å². The lowest BCUT2D eigenvalue weighted by molar-refractivity contribution is 0.630. The maximum Gasteiger partial charge on any atom is 0.123 e. The summed E-state index contributed by atoms with van der Waals surface area (Å²) >= 11 is 0. The zero-order valence-corrected chi connectivity index (χ0v) is 9.92. The van der Waals surface area contributed by atoms with E-state index < -0.39 is 0 Å². The van der Waals surface area contributed by atoms with Crippen molar-refractivity contribution in [2.24, 2.45) is 0 Å². The highest BCUT2D eigenvalue weighted by Gasteiger charge is 2.05. The molecule has 3 aromatic rings. The first-order valence-electron chi connectivity index (χ1n) is 5.74. The molecule has 0 amide bonds. The van der Waals surface area contributed by atoms with Crippen LogP contribution in [0.3, 0.4) is 0 Å². The fraction of sp³-hybridized carbons (Fsp3) is 0.125. The van der Waals surface area contributed by atoms with Crippen molar-refractivity contribution in [3.8, 4) is 0 Å². The van der Waals surface area contributed by atoms with Crippen molar-refractivity contribution in [1.82, 2.24) is 0 Å². The van der Waals surface area contributed by atoms with Gasteiger partial charge < -0.3 is 0 Å². The number of halogens is 1. The Bertz CT molecular complexity index is 726. The van der Waals surface area contributed by atoms with Crippen molar-refractivity contribution in [2.75, 3.05) is 0 Å². The van der Waals surface area contributed by atoms with Crippen LogP contribution < -0.4 is 0 Å². The van der Waals surface area contributed by atoms with Gasteiger partial charge in [0.1, 0.15) is 5.82 Å². The van der Waals surface area contributed by atoms with E-state index >= 15 is 0 Å². The molecule has 0 nitrogen and oxygen atoms in total. The third kappa shape index (κ3) is 1.59. The lowest BCUT2D eigenvalue weighted by atomic mass is 9.96. The van der Waals surface area contributed by atoms with Gasteiger partial charge in [-0.2, -0.15) is 0 Å². The van der Waals surface area contributed by atoms with Gasteiger partial charge in [0.2, 0.25) is 0 Å². The molecule has 0 spiro atoms. The van der Waals surface area contributed by atoms with Crippen LogP contribution in [0.5, 0.6) is 0 Å². The number of hydrogen-bond acceptors (Lipinski definition) is 0. The molecule has 0 saturated heterocycles. The normalized spacial score (nSPS) is 11.2. The molecule has 0 aliphatic carbocycles. The average molecular weight is 224 g/mol. The molecule has 0 bridgehead atoms. The third-order valence-electron chi connectivity index (χ3n) is 3.28. The SMILES string of the molecule is Cc1ccc2c(C)cc3ccc(F)cc3c2c1. The Morgan fingerprint density at radius 2 is 1.59 bits per heavy atom. The fourth-order valence-electron chi connectivity index (χ4n) is 2.42. The Morgan fingerprint density at radius 3 is 2.41 bits per heavy atom. The average Bonchev–Trinajstić information content (AvgIpc) is 2.30. The molecule has 3 rings (SSSR count). The van der Waals surface area contributed by atoms with Gasteiger partial charge in [-0.3, -0.25) is 0 Å². The molecular weight excluding hydrogens is 211 g/mol. The fourth-order valence-corrected chi connectivity index (χ4v) is 2.42. The van der Waals surface area contributed by atoms with E-state index in [-0.39, 0.29) is 5.82 Å². The Kier molecular flexibility index (Phi) is 2.15. The van der Waals surface area contributed by atoms with E-state index in [2.05, 4.69) is 38.1 Å². The predicted octanol–water partition coefficient (Wildman–Crippen LogP) is 4.75. The smallest absolute Gasteiger partial charge is 0.123 e. The summed E-state index contributed by atoms with van der Waals surface area (Å²) in [6, 6.07) is 13.4. The Labute approximate surface area is 99.7 Å². The van der Waals surface area contributed by atoms with Crippen molar-refractivity contribution >= 4 is 21.5 Å². The lowest BCUT2D eigenvalue weighted by Gasteiger charge is -2.08. The molecule has 0 aliphatic heterocycles. The van der Waals surface area contributed by atoms with Crippen LogP contribution in [0.15, 0.2) is 42.5 Å². The van der Waals surface area contributed by atoms with Crippen molar-refractivity contribution in [1.29, 1.82) is 0 Å². The van der Waals surface area contributed by atoms with E-state index in [1.54, 1.807) is 6.07 Å². The monoisotopic (exact) mass is 224 g/mol. The highest BCUT2D eigenvalue weighted by atomic mass is 19.1. The lowest BCUT2D eigenvalue weighted by Crippen LogP contribution is -1.85. The molecule has 0 heterocycles. The molecule has 0 N–H and O–H groups in total.